The number of carbonyl (C=O) groups excluding carboxylic acids is 1. The lowest BCUT2D eigenvalue weighted by molar-refractivity contribution is -0.132. The molecule has 1 amide bonds. The molecule has 0 unspecified atom stereocenters. The van der Waals surface area contributed by atoms with E-state index in [1.807, 2.05) is 35.7 Å². The predicted molar refractivity (Wildman–Crippen MR) is 88.4 cm³/mol. The second kappa shape index (κ2) is 7.59. The van der Waals surface area contributed by atoms with Gasteiger partial charge in [0.2, 0.25) is 11.8 Å². The summed E-state index contributed by atoms with van der Waals surface area (Å²) in [7, 11) is 0. The van der Waals surface area contributed by atoms with Crippen molar-refractivity contribution in [3.8, 4) is 0 Å². The SMILES string of the molecule is CC(C)c1nc([C@H]2CCCN(C(=O)CCCn3cccn3)C2)no1. The lowest BCUT2D eigenvalue weighted by Crippen LogP contribution is -2.39. The number of piperidine rings is 1. The normalized spacial score (nSPS) is 18.3. The van der Waals surface area contributed by atoms with Crippen LogP contribution in [0.5, 0.6) is 0 Å². The lowest BCUT2D eigenvalue weighted by Gasteiger charge is -2.31. The Hall–Kier alpha value is -2.18. The maximum absolute atomic E-state index is 12.4. The fraction of sp³-hybridized carbons (Fsp3) is 0.647. The van der Waals surface area contributed by atoms with E-state index < -0.39 is 0 Å². The van der Waals surface area contributed by atoms with E-state index in [2.05, 4.69) is 15.2 Å². The largest absolute Gasteiger partial charge is 0.342 e. The van der Waals surface area contributed by atoms with E-state index in [9.17, 15) is 4.79 Å². The van der Waals surface area contributed by atoms with Crippen molar-refractivity contribution in [1.29, 1.82) is 0 Å². The van der Waals surface area contributed by atoms with Gasteiger partial charge in [-0.25, -0.2) is 0 Å². The molecule has 1 saturated heterocycles. The fourth-order valence-corrected chi connectivity index (χ4v) is 3.05. The van der Waals surface area contributed by atoms with Gasteiger partial charge in [0.1, 0.15) is 0 Å². The van der Waals surface area contributed by atoms with Crippen molar-refractivity contribution in [2.75, 3.05) is 13.1 Å². The minimum Gasteiger partial charge on any atom is -0.342 e. The summed E-state index contributed by atoms with van der Waals surface area (Å²) in [5, 5.41) is 8.27. The molecule has 0 aliphatic carbocycles. The van der Waals surface area contributed by atoms with Crippen LogP contribution in [0.4, 0.5) is 0 Å². The smallest absolute Gasteiger partial charge is 0.229 e. The maximum Gasteiger partial charge on any atom is 0.229 e. The van der Waals surface area contributed by atoms with Crippen LogP contribution in [-0.4, -0.2) is 43.8 Å². The summed E-state index contributed by atoms with van der Waals surface area (Å²) in [5.41, 5.74) is 0. The highest BCUT2D eigenvalue weighted by atomic mass is 16.5. The summed E-state index contributed by atoms with van der Waals surface area (Å²) in [6.07, 6.45) is 7.03. The quantitative estimate of drug-likeness (QED) is 0.813. The van der Waals surface area contributed by atoms with E-state index in [1.165, 1.54) is 0 Å². The molecule has 130 valence electrons. The number of amides is 1. The van der Waals surface area contributed by atoms with Gasteiger partial charge in [-0.1, -0.05) is 19.0 Å². The molecule has 7 heteroatoms. The third-order valence-corrected chi connectivity index (χ3v) is 4.43. The van der Waals surface area contributed by atoms with Gasteiger partial charge in [0.25, 0.3) is 0 Å². The highest BCUT2D eigenvalue weighted by Crippen LogP contribution is 2.26. The van der Waals surface area contributed by atoms with Crippen molar-refractivity contribution >= 4 is 5.91 Å². The molecule has 0 N–H and O–H groups in total. The van der Waals surface area contributed by atoms with Crippen LogP contribution in [0.2, 0.25) is 0 Å². The van der Waals surface area contributed by atoms with Crippen LogP contribution in [0.3, 0.4) is 0 Å². The van der Waals surface area contributed by atoms with Crippen LogP contribution in [-0.2, 0) is 11.3 Å². The number of nitrogens with zero attached hydrogens (tertiary/aromatic N) is 5. The number of hydrogen-bond acceptors (Lipinski definition) is 5. The van der Waals surface area contributed by atoms with Gasteiger partial charge in [-0.2, -0.15) is 10.1 Å². The van der Waals surface area contributed by atoms with Crippen molar-refractivity contribution in [2.45, 2.75) is 57.9 Å². The Morgan fingerprint density at radius 3 is 3.04 bits per heavy atom. The summed E-state index contributed by atoms with van der Waals surface area (Å²) >= 11 is 0. The van der Waals surface area contributed by atoms with Crippen LogP contribution in [0, 0.1) is 0 Å². The number of carbonyl (C=O) groups is 1. The molecule has 0 radical (unpaired) electrons. The van der Waals surface area contributed by atoms with E-state index in [0.717, 1.165) is 38.2 Å². The minimum atomic E-state index is 0.185. The Balaban J connectivity index is 1.51. The molecule has 2 aromatic heterocycles. The molecular weight excluding hydrogens is 306 g/mol. The molecule has 3 rings (SSSR count). The van der Waals surface area contributed by atoms with Crippen molar-refractivity contribution < 1.29 is 9.32 Å². The molecule has 0 spiro atoms. The zero-order valence-electron chi connectivity index (χ0n) is 14.4. The Morgan fingerprint density at radius 1 is 1.46 bits per heavy atom. The topological polar surface area (TPSA) is 77.1 Å². The van der Waals surface area contributed by atoms with Gasteiger partial charge in [0.05, 0.1) is 0 Å². The molecule has 1 fully saturated rings. The van der Waals surface area contributed by atoms with E-state index >= 15 is 0 Å². The van der Waals surface area contributed by atoms with Crippen LogP contribution in [0.15, 0.2) is 23.0 Å². The summed E-state index contributed by atoms with van der Waals surface area (Å²) < 4.78 is 7.17. The molecule has 7 nitrogen and oxygen atoms in total. The third kappa shape index (κ3) is 4.01. The van der Waals surface area contributed by atoms with Gasteiger partial charge in [0, 0.05) is 50.3 Å². The van der Waals surface area contributed by atoms with Gasteiger partial charge in [-0.15, -0.1) is 0 Å². The molecule has 24 heavy (non-hydrogen) atoms. The van der Waals surface area contributed by atoms with Crippen LogP contribution < -0.4 is 0 Å². The monoisotopic (exact) mass is 331 g/mol. The average molecular weight is 331 g/mol. The fourth-order valence-electron chi connectivity index (χ4n) is 3.05. The summed E-state index contributed by atoms with van der Waals surface area (Å²) in [6, 6.07) is 1.90. The first-order valence-electron chi connectivity index (χ1n) is 8.72. The Morgan fingerprint density at radius 2 is 2.33 bits per heavy atom. The standard InChI is InChI=1S/C17H25N5O2/c1-13(2)17-19-16(20-24-17)14-6-3-9-21(12-14)15(23)7-4-10-22-11-5-8-18-22/h5,8,11,13-14H,3-4,6-7,9-10,12H2,1-2H3/t14-/m0/s1. The predicted octanol–water partition coefficient (Wildman–Crippen LogP) is 2.58. The molecule has 1 aliphatic rings. The number of hydrogen-bond donors (Lipinski definition) is 0. The number of aryl methyl sites for hydroxylation is 1. The molecular formula is C17H25N5O2. The Labute approximate surface area is 142 Å². The molecule has 1 atom stereocenters. The first kappa shape index (κ1) is 16.7. The van der Waals surface area contributed by atoms with Crippen molar-refractivity contribution in [1.82, 2.24) is 24.8 Å². The minimum absolute atomic E-state index is 0.185. The first-order chi connectivity index (χ1) is 11.6. The first-order valence-corrected chi connectivity index (χ1v) is 8.72. The van der Waals surface area contributed by atoms with Gasteiger partial charge in [-0.05, 0) is 25.3 Å². The second-order valence-electron chi connectivity index (χ2n) is 6.70. The molecule has 0 aromatic carbocycles. The summed E-state index contributed by atoms with van der Waals surface area (Å²) in [6.45, 7) is 6.36. The molecule has 0 bridgehead atoms. The number of aromatic nitrogens is 4. The molecule has 3 heterocycles. The Kier molecular flexibility index (Phi) is 5.27. The van der Waals surface area contributed by atoms with Crippen LogP contribution >= 0.6 is 0 Å². The second-order valence-corrected chi connectivity index (χ2v) is 6.70. The van der Waals surface area contributed by atoms with E-state index in [1.54, 1.807) is 6.20 Å². The number of rotatable bonds is 6. The van der Waals surface area contributed by atoms with Gasteiger partial charge in [-0.3, -0.25) is 9.48 Å². The zero-order chi connectivity index (χ0) is 16.9. The van der Waals surface area contributed by atoms with E-state index in [4.69, 9.17) is 4.52 Å². The van der Waals surface area contributed by atoms with Gasteiger partial charge < -0.3 is 9.42 Å². The lowest BCUT2D eigenvalue weighted by atomic mass is 9.97. The molecule has 2 aromatic rings. The van der Waals surface area contributed by atoms with Crippen LogP contribution in [0.25, 0.3) is 0 Å². The van der Waals surface area contributed by atoms with Crippen molar-refractivity contribution in [3.05, 3.63) is 30.2 Å². The third-order valence-electron chi connectivity index (χ3n) is 4.43. The number of likely N-dealkylation sites (tertiary alicyclic amines) is 1. The van der Waals surface area contributed by atoms with Crippen molar-refractivity contribution in [3.63, 3.8) is 0 Å². The average Bonchev–Trinajstić information content (AvgIpc) is 3.26. The van der Waals surface area contributed by atoms with Gasteiger partial charge in [0.15, 0.2) is 5.82 Å². The zero-order valence-corrected chi connectivity index (χ0v) is 14.4. The highest BCUT2D eigenvalue weighted by Gasteiger charge is 2.28. The summed E-state index contributed by atoms with van der Waals surface area (Å²) in [4.78, 5) is 18.9. The van der Waals surface area contributed by atoms with E-state index in [0.29, 0.717) is 18.9 Å². The molecule has 0 saturated carbocycles. The molecule has 1 aliphatic heterocycles. The van der Waals surface area contributed by atoms with Crippen LogP contribution in [0.1, 0.15) is 63.1 Å². The highest BCUT2D eigenvalue weighted by molar-refractivity contribution is 5.76. The Bertz CT molecular complexity index is 650. The van der Waals surface area contributed by atoms with Gasteiger partial charge >= 0.3 is 0 Å². The summed E-state index contributed by atoms with van der Waals surface area (Å²) in [5.74, 6) is 2.04. The van der Waals surface area contributed by atoms with Crippen molar-refractivity contribution in [2.24, 2.45) is 0 Å². The van der Waals surface area contributed by atoms with E-state index in [-0.39, 0.29) is 17.7 Å². The maximum atomic E-state index is 12.4.